The predicted octanol–water partition coefficient (Wildman–Crippen LogP) is 10.8. The van der Waals surface area contributed by atoms with Crippen LogP contribution >= 0.6 is 11.3 Å². The lowest BCUT2D eigenvalue weighted by molar-refractivity contribution is 0.401. The topological polar surface area (TPSA) is 0 Å². The first-order valence-corrected chi connectivity index (χ1v) is 14.2. The molecule has 4 rings (SSSR count). The third-order valence-corrected chi connectivity index (χ3v) is 8.54. The van der Waals surface area contributed by atoms with Crippen LogP contribution in [0.15, 0.2) is 61.2 Å². The highest BCUT2D eigenvalue weighted by Crippen LogP contribution is 2.54. The molecule has 1 heteroatoms. The molecule has 0 N–H and O–H groups in total. The van der Waals surface area contributed by atoms with Crippen molar-refractivity contribution in [2.45, 2.75) is 83.5 Å². The number of hydrogen-bond acceptors (Lipinski definition) is 1. The van der Waals surface area contributed by atoms with Gasteiger partial charge < -0.3 is 0 Å². The molecule has 1 aromatic heterocycles. The zero-order valence-electron chi connectivity index (χ0n) is 21.1. The Morgan fingerprint density at radius 1 is 0.706 bits per heavy atom. The van der Waals surface area contributed by atoms with Crippen molar-refractivity contribution in [1.82, 2.24) is 0 Å². The van der Waals surface area contributed by atoms with E-state index in [-0.39, 0.29) is 5.41 Å². The van der Waals surface area contributed by atoms with E-state index in [2.05, 4.69) is 87.2 Å². The Balaban J connectivity index is 1.70. The molecule has 34 heavy (non-hydrogen) atoms. The van der Waals surface area contributed by atoms with Crippen LogP contribution < -0.4 is 0 Å². The molecule has 0 radical (unpaired) electrons. The van der Waals surface area contributed by atoms with Crippen molar-refractivity contribution < 1.29 is 0 Å². The standard InChI is InChI=1S/C33H40S/c1-4-7-9-13-23-33(24-14-10-8-5-2)31-16-12-11-15-29(31)30-22-18-26(25-32(30)33)17-19-28-21-20-27(6-3)34-28/h6,11-12,15-22,25H,3-5,7-10,13-14,23-24H2,1-2H3/b19-17+. The van der Waals surface area contributed by atoms with Gasteiger partial charge in [-0.25, -0.2) is 0 Å². The molecule has 0 nitrogen and oxygen atoms in total. The highest BCUT2D eigenvalue weighted by molar-refractivity contribution is 7.13. The molecule has 0 amide bonds. The van der Waals surface area contributed by atoms with Gasteiger partial charge in [-0.05, 0) is 58.9 Å². The molecule has 1 heterocycles. The maximum atomic E-state index is 3.90. The second-order valence-corrected chi connectivity index (χ2v) is 11.0. The lowest BCUT2D eigenvalue weighted by Crippen LogP contribution is -2.25. The summed E-state index contributed by atoms with van der Waals surface area (Å²) < 4.78 is 0. The fourth-order valence-electron chi connectivity index (χ4n) is 5.69. The molecular formula is C33H40S. The molecule has 0 saturated carbocycles. The van der Waals surface area contributed by atoms with E-state index in [1.54, 1.807) is 22.5 Å². The minimum absolute atomic E-state index is 0.163. The van der Waals surface area contributed by atoms with Crippen molar-refractivity contribution in [2.75, 3.05) is 0 Å². The molecule has 0 unspecified atom stereocenters. The third-order valence-electron chi connectivity index (χ3n) is 7.50. The summed E-state index contributed by atoms with van der Waals surface area (Å²) in [5.74, 6) is 0. The van der Waals surface area contributed by atoms with E-state index in [4.69, 9.17) is 0 Å². The van der Waals surface area contributed by atoms with Gasteiger partial charge in [-0.15, -0.1) is 11.3 Å². The lowest BCUT2D eigenvalue weighted by atomic mass is 9.70. The van der Waals surface area contributed by atoms with Gasteiger partial charge in [0.05, 0.1) is 0 Å². The minimum atomic E-state index is 0.163. The SMILES string of the molecule is C=Cc1ccc(/C=C/c2ccc3c(c2)C(CCCCCC)(CCCCCC)c2ccccc2-3)s1. The second-order valence-electron chi connectivity index (χ2n) is 9.83. The van der Waals surface area contributed by atoms with Crippen molar-refractivity contribution in [3.05, 3.63) is 87.6 Å². The molecule has 3 aromatic rings. The highest BCUT2D eigenvalue weighted by atomic mass is 32.1. The van der Waals surface area contributed by atoms with Crippen LogP contribution in [0.1, 0.15) is 105 Å². The fourth-order valence-corrected chi connectivity index (χ4v) is 6.46. The van der Waals surface area contributed by atoms with Crippen molar-refractivity contribution in [1.29, 1.82) is 0 Å². The first kappa shape index (κ1) is 24.7. The van der Waals surface area contributed by atoms with Crippen LogP contribution in [0.5, 0.6) is 0 Å². The Morgan fingerprint density at radius 3 is 2.06 bits per heavy atom. The van der Waals surface area contributed by atoms with Crippen LogP contribution in [0.3, 0.4) is 0 Å². The molecule has 1 aliphatic rings. The molecule has 0 bridgehead atoms. The molecule has 0 spiro atoms. The maximum absolute atomic E-state index is 3.90. The Bertz CT molecular complexity index is 1100. The summed E-state index contributed by atoms with van der Waals surface area (Å²) in [4.78, 5) is 2.51. The summed E-state index contributed by atoms with van der Waals surface area (Å²) in [7, 11) is 0. The van der Waals surface area contributed by atoms with Gasteiger partial charge in [-0.1, -0.05) is 126 Å². The number of benzene rings is 2. The van der Waals surface area contributed by atoms with Crippen LogP contribution in [-0.4, -0.2) is 0 Å². The molecule has 0 aliphatic heterocycles. The smallest absolute Gasteiger partial charge is 0.0276 e. The zero-order chi connectivity index (χ0) is 23.8. The average Bonchev–Trinajstić information content (AvgIpc) is 3.44. The summed E-state index contributed by atoms with van der Waals surface area (Å²) >= 11 is 1.79. The molecule has 2 aromatic carbocycles. The molecule has 178 valence electrons. The number of fused-ring (bicyclic) bond motifs is 3. The third kappa shape index (κ3) is 5.31. The van der Waals surface area contributed by atoms with Gasteiger partial charge in [0.15, 0.2) is 0 Å². The van der Waals surface area contributed by atoms with Crippen molar-refractivity contribution >= 4 is 29.6 Å². The molecule has 1 aliphatic carbocycles. The molecule has 0 saturated heterocycles. The van der Waals surface area contributed by atoms with Gasteiger partial charge in [0.25, 0.3) is 0 Å². The minimum Gasteiger partial charge on any atom is -0.137 e. The highest BCUT2D eigenvalue weighted by Gasteiger charge is 2.41. The zero-order valence-corrected chi connectivity index (χ0v) is 21.9. The van der Waals surface area contributed by atoms with Gasteiger partial charge in [-0.2, -0.15) is 0 Å². The van der Waals surface area contributed by atoms with Gasteiger partial charge in [0, 0.05) is 15.2 Å². The number of rotatable bonds is 13. The Labute approximate surface area is 211 Å². The van der Waals surface area contributed by atoms with E-state index in [9.17, 15) is 0 Å². The van der Waals surface area contributed by atoms with E-state index in [1.165, 1.54) is 90.7 Å². The van der Waals surface area contributed by atoms with Crippen LogP contribution in [-0.2, 0) is 5.41 Å². The van der Waals surface area contributed by atoms with E-state index >= 15 is 0 Å². The second kappa shape index (κ2) is 11.8. The summed E-state index contributed by atoms with van der Waals surface area (Å²) in [5.41, 5.74) is 7.55. The van der Waals surface area contributed by atoms with Crippen LogP contribution in [0.25, 0.3) is 29.4 Å². The normalized spacial score (nSPS) is 13.8. The Morgan fingerprint density at radius 2 is 1.38 bits per heavy atom. The maximum Gasteiger partial charge on any atom is 0.0276 e. The Kier molecular flexibility index (Phi) is 8.62. The fraction of sp³-hybridized carbons (Fsp3) is 0.394. The number of hydrogen-bond donors (Lipinski definition) is 0. The molecule has 0 fully saturated rings. The lowest BCUT2D eigenvalue weighted by Gasteiger charge is -2.33. The molecule has 0 atom stereocenters. The Hall–Kier alpha value is -2.38. The van der Waals surface area contributed by atoms with Crippen molar-refractivity contribution in [3.63, 3.8) is 0 Å². The van der Waals surface area contributed by atoms with Crippen LogP contribution in [0.4, 0.5) is 0 Å². The van der Waals surface area contributed by atoms with Gasteiger partial charge >= 0.3 is 0 Å². The monoisotopic (exact) mass is 468 g/mol. The molecular weight excluding hydrogens is 428 g/mol. The summed E-state index contributed by atoms with van der Waals surface area (Å²) in [6.45, 7) is 8.52. The quantitative estimate of drug-likeness (QED) is 0.219. The van der Waals surface area contributed by atoms with Crippen LogP contribution in [0, 0.1) is 0 Å². The summed E-state index contributed by atoms with van der Waals surface area (Å²) in [5, 5.41) is 0. The van der Waals surface area contributed by atoms with E-state index in [0.29, 0.717) is 0 Å². The largest absolute Gasteiger partial charge is 0.137 e. The summed E-state index contributed by atoms with van der Waals surface area (Å²) in [6.07, 6.45) is 19.6. The van der Waals surface area contributed by atoms with Crippen molar-refractivity contribution in [2.24, 2.45) is 0 Å². The predicted molar refractivity (Wildman–Crippen MR) is 154 cm³/mol. The van der Waals surface area contributed by atoms with Gasteiger partial charge in [-0.3, -0.25) is 0 Å². The first-order valence-electron chi connectivity index (χ1n) is 13.4. The number of unbranched alkanes of at least 4 members (excludes halogenated alkanes) is 6. The van der Waals surface area contributed by atoms with Crippen molar-refractivity contribution in [3.8, 4) is 11.1 Å². The van der Waals surface area contributed by atoms with Gasteiger partial charge in [0.1, 0.15) is 0 Å². The van der Waals surface area contributed by atoms with E-state index < -0.39 is 0 Å². The number of thiophene rings is 1. The summed E-state index contributed by atoms with van der Waals surface area (Å²) in [6, 6.07) is 20.8. The van der Waals surface area contributed by atoms with Crippen LogP contribution in [0.2, 0.25) is 0 Å². The van der Waals surface area contributed by atoms with E-state index in [0.717, 1.165) is 0 Å². The first-order chi connectivity index (χ1) is 16.7. The van der Waals surface area contributed by atoms with Gasteiger partial charge in [0.2, 0.25) is 0 Å². The van der Waals surface area contributed by atoms with E-state index in [1.807, 2.05) is 6.08 Å². The average molecular weight is 469 g/mol.